The second kappa shape index (κ2) is 6.14. The molecule has 0 aromatic carbocycles. The van der Waals surface area contributed by atoms with Crippen LogP contribution in [-0.2, 0) is 9.59 Å². The highest BCUT2D eigenvalue weighted by Crippen LogP contribution is 2.31. The van der Waals surface area contributed by atoms with E-state index in [1.807, 2.05) is 0 Å². The van der Waals surface area contributed by atoms with Crippen molar-refractivity contribution < 1.29 is 14.7 Å². The fourth-order valence-corrected chi connectivity index (χ4v) is 1.75. The molecule has 0 fully saturated rings. The molecule has 6 heteroatoms. The molecule has 1 amide bonds. The van der Waals surface area contributed by atoms with Gasteiger partial charge in [0.25, 0.3) is 0 Å². The van der Waals surface area contributed by atoms with E-state index in [1.165, 1.54) is 6.20 Å². The molecule has 0 radical (unpaired) electrons. The Morgan fingerprint density at radius 2 is 2.11 bits per heavy atom. The van der Waals surface area contributed by atoms with Crippen molar-refractivity contribution in [3.8, 4) is 0 Å². The number of nitrogens with one attached hydrogen (secondary N) is 1. The van der Waals surface area contributed by atoms with Crippen molar-refractivity contribution in [1.82, 2.24) is 4.98 Å². The number of carbonyl (C=O) groups excluding carboxylic acids is 1. The number of hydrogen-bond donors (Lipinski definition) is 2. The average molecular weight is 329 g/mol. The lowest BCUT2D eigenvalue weighted by Gasteiger charge is -2.28. The zero-order valence-corrected chi connectivity index (χ0v) is 12.7. The monoisotopic (exact) mass is 328 g/mol. The first-order chi connectivity index (χ1) is 8.75. The van der Waals surface area contributed by atoms with Crippen LogP contribution in [0.4, 0.5) is 5.69 Å². The summed E-state index contributed by atoms with van der Waals surface area (Å²) in [5.74, 6) is -1.44. The van der Waals surface area contributed by atoms with Crippen LogP contribution in [0.3, 0.4) is 0 Å². The van der Waals surface area contributed by atoms with Crippen LogP contribution in [0.1, 0.15) is 27.2 Å². The quantitative estimate of drug-likeness (QED) is 0.814. The third-order valence-electron chi connectivity index (χ3n) is 3.30. The zero-order chi connectivity index (χ0) is 14.6. The van der Waals surface area contributed by atoms with Crippen LogP contribution in [0.5, 0.6) is 0 Å². The minimum absolute atomic E-state index is 0.0733. The maximum Gasteiger partial charge on any atom is 0.310 e. The predicted octanol–water partition coefficient (Wildman–Crippen LogP) is 2.92. The molecule has 1 atom stereocenters. The topological polar surface area (TPSA) is 79.3 Å². The molecule has 1 aromatic rings. The van der Waals surface area contributed by atoms with Gasteiger partial charge in [-0.1, -0.05) is 13.8 Å². The van der Waals surface area contributed by atoms with Crippen molar-refractivity contribution in [3.63, 3.8) is 0 Å². The first kappa shape index (κ1) is 15.6. The van der Waals surface area contributed by atoms with Crippen molar-refractivity contribution in [2.45, 2.75) is 27.2 Å². The van der Waals surface area contributed by atoms with Gasteiger partial charge in [-0.15, -0.1) is 0 Å². The molecule has 0 aliphatic heterocycles. The third kappa shape index (κ3) is 4.02. The van der Waals surface area contributed by atoms with E-state index in [0.717, 1.165) is 0 Å². The largest absolute Gasteiger partial charge is 0.481 e. The summed E-state index contributed by atoms with van der Waals surface area (Å²) in [6.45, 7) is 5.17. The summed E-state index contributed by atoms with van der Waals surface area (Å²) < 4.78 is 0.669. The molecule has 0 spiro atoms. The van der Waals surface area contributed by atoms with E-state index >= 15 is 0 Å². The first-order valence-electron chi connectivity index (χ1n) is 5.90. The molecule has 5 nitrogen and oxygen atoms in total. The van der Waals surface area contributed by atoms with Crippen LogP contribution in [0.25, 0.3) is 0 Å². The zero-order valence-electron chi connectivity index (χ0n) is 11.1. The molecule has 1 heterocycles. The molecule has 0 aliphatic carbocycles. The Bertz CT molecular complexity index is 473. The number of halogens is 1. The molecule has 1 unspecified atom stereocenters. The molecule has 104 valence electrons. The summed E-state index contributed by atoms with van der Waals surface area (Å²) in [6.07, 6.45) is 1.44. The molecule has 19 heavy (non-hydrogen) atoms. The van der Waals surface area contributed by atoms with Gasteiger partial charge in [-0.3, -0.25) is 9.59 Å². The van der Waals surface area contributed by atoms with Gasteiger partial charge in [0.1, 0.15) is 4.60 Å². The van der Waals surface area contributed by atoms with E-state index in [9.17, 15) is 14.7 Å². The number of hydrogen-bond acceptors (Lipinski definition) is 3. The van der Waals surface area contributed by atoms with Crippen molar-refractivity contribution in [3.05, 3.63) is 22.9 Å². The van der Waals surface area contributed by atoms with E-state index < -0.39 is 11.4 Å². The maximum atomic E-state index is 11.9. The summed E-state index contributed by atoms with van der Waals surface area (Å²) in [7, 11) is 0. The predicted molar refractivity (Wildman–Crippen MR) is 75.8 cm³/mol. The number of carbonyl (C=O) groups is 2. The fourth-order valence-electron chi connectivity index (χ4n) is 1.52. The average Bonchev–Trinajstić information content (AvgIpc) is 2.31. The van der Waals surface area contributed by atoms with Gasteiger partial charge in [-0.05, 0) is 40.9 Å². The van der Waals surface area contributed by atoms with Crippen LogP contribution >= 0.6 is 15.9 Å². The third-order valence-corrected chi connectivity index (χ3v) is 3.77. The van der Waals surface area contributed by atoms with Crippen LogP contribution in [0, 0.1) is 11.3 Å². The lowest BCUT2D eigenvalue weighted by atomic mass is 9.76. The van der Waals surface area contributed by atoms with Gasteiger partial charge in [0.2, 0.25) is 5.91 Å². The normalized spacial score (nSPS) is 13.9. The summed E-state index contributed by atoms with van der Waals surface area (Å²) in [6, 6.07) is 3.40. The number of pyridine rings is 1. The molecule has 2 N–H and O–H groups in total. The van der Waals surface area contributed by atoms with Gasteiger partial charge in [0.15, 0.2) is 0 Å². The Morgan fingerprint density at radius 1 is 1.47 bits per heavy atom. The van der Waals surface area contributed by atoms with Crippen LogP contribution in [-0.4, -0.2) is 22.0 Å². The van der Waals surface area contributed by atoms with Gasteiger partial charge in [0, 0.05) is 6.42 Å². The summed E-state index contributed by atoms with van der Waals surface area (Å²) in [4.78, 5) is 27.2. The summed E-state index contributed by atoms with van der Waals surface area (Å²) >= 11 is 3.20. The smallest absolute Gasteiger partial charge is 0.310 e. The number of aliphatic carboxylic acids is 1. The van der Waals surface area contributed by atoms with Gasteiger partial charge < -0.3 is 10.4 Å². The van der Waals surface area contributed by atoms with E-state index in [4.69, 9.17) is 0 Å². The number of rotatable bonds is 5. The van der Waals surface area contributed by atoms with Crippen LogP contribution < -0.4 is 5.32 Å². The highest BCUT2D eigenvalue weighted by atomic mass is 79.9. The Hall–Kier alpha value is -1.43. The Morgan fingerprint density at radius 3 is 2.53 bits per heavy atom. The molecule has 1 rings (SSSR count). The highest BCUT2D eigenvalue weighted by Gasteiger charge is 2.38. The van der Waals surface area contributed by atoms with Gasteiger partial charge >= 0.3 is 5.97 Å². The Labute approximate surface area is 120 Å². The number of anilines is 1. The van der Waals surface area contributed by atoms with Crippen molar-refractivity contribution in [1.29, 1.82) is 0 Å². The minimum atomic E-state index is -1.08. The van der Waals surface area contributed by atoms with Gasteiger partial charge in [0.05, 0.1) is 17.3 Å². The lowest BCUT2D eigenvalue weighted by Crippen LogP contribution is -2.37. The maximum absolute atomic E-state index is 11.9. The second-order valence-electron chi connectivity index (χ2n) is 4.97. The SMILES string of the molecule is CC(C)C(C)(CC(=O)Nc1ccc(Br)nc1)C(=O)O. The minimum Gasteiger partial charge on any atom is -0.481 e. The van der Waals surface area contributed by atoms with Crippen molar-refractivity contribution in [2.24, 2.45) is 11.3 Å². The second-order valence-corrected chi connectivity index (χ2v) is 5.78. The van der Waals surface area contributed by atoms with Crippen molar-refractivity contribution >= 4 is 33.5 Å². The van der Waals surface area contributed by atoms with Crippen molar-refractivity contribution in [2.75, 3.05) is 5.32 Å². The molecular formula is C13H17BrN2O3. The van der Waals surface area contributed by atoms with Gasteiger partial charge in [-0.2, -0.15) is 0 Å². The molecule has 0 saturated carbocycles. The van der Waals surface area contributed by atoms with E-state index in [-0.39, 0.29) is 18.2 Å². The Kier molecular flexibility index (Phi) is 5.05. The fraction of sp³-hybridized carbons (Fsp3) is 0.462. The Balaban J connectivity index is 2.74. The molecule has 0 aliphatic rings. The van der Waals surface area contributed by atoms with Gasteiger partial charge in [-0.25, -0.2) is 4.98 Å². The molecule has 0 bridgehead atoms. The lowest BCUT2D eigenvalue weighted by molar-refractivity contribution is -0.153. The number of carboxylic acid groups (broad SMARTS) is 1. The first-order valence-corrected chi connectivity index (χ1v) is 6.70. The number of nitrogens with zero attached hydrogens (tertiary/aromatic N) is 1. The number of amides is 1. The summed E-state index contributed by atoms with van der Waals surface area (Å²) in [5.41, 5.74) is -0.530. The number of aromatic nitrogens is 1. The highest BCUT2D eigenvalue weighted by molar-refractivity contribution is 9.10. The van der Waals surface area contributed by atoms with E-state index in [2.05, 4.69) is 26.2 Å². The van der Waals surface area contributed by atoms with E-state index in [0.29, 0.717) is 10.3 Å². The van der Waals surface area contributed by atoms with Crippen LogP contribution in [0.2, 0.25) is 0 Å². The molecule has 0 saturated heterocycles. The molecular weight excluding hydrogens is 312 g/mol. The standard InChI is InChI=1S/C13H17BrN2O3/c1-8(2)13(3,12(18)19)6-11(17)16-9-4-5-10(14)15-7-9/h4-5,7-8H,6H2,1-3H3,(H,16,17)(H,18,19). The number of carboxylic acids is 1. The van der Waals surface area contributed by atoms with E-state index in [1.54, 1.807) is 32.9 Å². The molecule has 1 aromatic heterocycles. The summed E-state index contributed by atoms with van der Waals surface area (Å²) in [5, 5.41) is 11.9. The van der Waals surface area contributed by atoms with Crippen LogP contribution in [0.15, 0.2) is 22.9 Å².